The summed E-state index contributed by atoms with van der Waals surface area (Å²) < 4.78 is 37.3. The molecule has 0 bridgehead atoms. The van der Waals surface area contributed by atoms with Crippen molar-refractivity contribution in [1.82, 2.24) is 5.32 Å². The summed E-state index contributed by atoms with van der Waals surface area (Å²) in [5.41, 5.74) is -0.0377. The van der Waals surface area contributed by atoms with Crippen molar-refractivity contribution >= 4 is 40.9 Å². The van der Waals surface area contributed by atoms with E-state index in [1.54, 1.807) is 0 Å². The van der Waals surface area contributed by atoms with E-state index >= 15 is 0 Å². The fraction of sp³-hybridized carbons (Fsp3) is 0.333. The Morgan fingerprint density at radius 3 is 2.45 bits per heavy atom. The van der Waals surface area contributed by atoms with Gasteiger partial charge >= 0.3 is 6.09 Å². The van der Waals surface area contributed by atoms with Crippen LogP contribution in [0.4, 0.5) is 19.3 Å². The van der Waals surface area contributed by atoms with Gasteiger partial charge in [0.05, 0.1) is 16.7 Å². The van der Waals surface area contributed by atoms with Gasteiger partial charge < -0.3 is 14.8 Å². The number of hydrogen-bond donors (Lipinski definition) is 2. The Morgan fingerprint density at radius 2 is 1.77 bits per heavy atom. The van der Waals surface area contributed by atoms with Gasteiger partial charge in [0.25, 0.3) is 5.91 Å². The van der Waals surface area contributed by atoms with Crippen molar-refractivity contribution in [1.29, 1.82) is 0 Å². The number of ether oxygens (including phenoxy) is 2. The summed E-state index contributed by atoms with van der Waals surface area (Å²) >= 11 is 11.2. The molecule has 2 saturated carbocycles. The van der Waals surface area contributed by atoms with E-state index in [-0.39, 0.29) is 58.0 Å². The lowest BCUT2D eigenvalue weighted by Gasteiger charge is -2.34. The molecule has 2 N–H and O–H groups in total. The van der Waals surface area contributed by atoms with Crippen molar-refractivity contribution in [2.45, 2.75) is 18.4 Å². The quantitative estimate of drug-likeness (QED) is 0.609. The first kappa shape index (κ1) is 21.6. The zero-order valence-electron chi connectivity index (χ0n) is 16.1. The number of fused-ring (bicyclic) bond motifs is 1. The van der Waals surface area contributed by atoms with Crippen molar-refractivity contribution < 1.29 is 27.8 Å². The smallest absolute Gasteiger partial charge is 0.411 e. The lowest BCUT2D eigenvalue weighted by molar-refractivity contribution is -0.125. The third kappa shape index (κ3) is 4.85. The van der Waals surface area contributed by atoms with Crippen molar-refractivity contribution in [3.63, 3.8) is 0 Å². The number of hydrogen-bond acceptors (Lipinski definition) is 4. The number of anilines is 1. The Hall–Kier alpha value is -2.58. The molecule has 2 aliphatic carbocycles. The number of nitrogens with one attached hydrogen (secondary N) is 2. The van der Waals surface area contributed by atoms with Gasteiger partial charge in [-0.05, 0) is 49.1 Å². The number of benzene rings is 2. The minimum Gasteiger partial charge on any atom is -0.484 e. The largest absolute Gasteiger partial charge is 0.484 e. The highest BCUT2D eigenvalue weighted by Crippen LogP contribution is 2.63. The van der Waals surface area contributed by atoms with Crippen LogP contribution in [0, 0.1) is 23.5 Å². The molecule has 2 aromatic carbocycles. The van der Waals surface area contributed by atoms with Gasteiger partial charge in [0.15, 0.2) is 6.61 Å². The zero-order valence-corrected chi connectivity index (χ0v) is 17.6. The van der Waals surface area contributed by atoms with Crippen LogP contribution in [-0.2, 0) is 9.53 Å². The second kappa shape index (κ2) is 8.51. The van der Waals surface area contributed by atoms with E-state index in [4.69, 9.17) is 32.7 Å². The number of rotatable bonds is 7. The summed E-state index contributed by atoms with van der Waals surface area (Å²) in [5.74, 6) is -0.979. The molecule has 2 aliphatic rings. The van der Waals surface area contributed by atoms with Crippen LogP contribution >= 0.6 is 23.2 Å². The van der Waals surface area contributed by atoms with E-state index < -0.39 is 17.7 Å². The van der Waals surface area contributed by atoms with Crippen LogP contribution in [-0.4, -0.2) is 30.8 Å². The SMILES string of the molecule is O=C(COc1ccc(Cl)c(F)c1)NC12CC(COC(=O)Nc3ccc(Cl)c(F)c3)C1C2. The normalized spacial score (nSPS) is 23.2. The highest BCUT2D eigenvalue weighted by atomic mass is 35.5. The lowest BCUT2D eigenvalue weighted by atomic mass is 9.81. The molecule has 0 heterocycles. The van der Waals surface area contributed by atoms with Crippen molar-refractivity contribution in [2.75, 3.05) is 18.5 Å². The van der Waals surface area contributed by atoms with E-state index in [2.05, 4.69) is 10.6 Å². The zero-order chi connectivity index (χ0) is 22.2. The Bertz CT molecular complexity index is 1040. The first-order valence-corrected chi connectivity index (χ1v) is 10.3. The monoisotopic (exact) mass is 470 g/mol. The van der Waals surface area contributed by atoms with Crippen LogP contribution in [0.1, 0.15) is 12.8 Å². The van der Waals surface area contributed by atoms with Crippen molar-refractivity contribution in [3.8, 4) is 5.75 Å². The first-order valence-electron chi connectivity index (χ1n) is 9.53. The molecule has 6 nitrogen and oxygen atoms in total. The van der Waals surface area contributed by atoms with Gasteiger partial charge in [-0.3, -0.25) is 10.1 Å². The molecule has 0 aromatic heterocycles. The van der Waals surface area contributed by atoms with E-state index in [1.165, 1.54) is 24.3 Å². The Labute approximate surface area is 186 Å². The second-order valence-electron chi connectivity index (χ2n) is 7.70. The molecule has 10 heteroatoms. The van der Waals surface area contributed by atoms with Gasteiger partial charge in [0.2, 0.25) is 0 Å². The Balaban J connectivity index is 1.16. The van der Waals surface area contributed by atoms with Crippen molar-refractivity contribution in [2.24, 2.45) is 11.8 Å². The second-order valence-corrected chi connectivity index (χ2v) is 8.51. The maximum atomic E-state index is 13.4. The van der Waals surface area contributed by atoms with Gasteiger partial charge in [-0.1, -0.05) is 23.2 Å². The minimum atomic E-state index is -0.687. The average molecular weight is 471 g/mol. The van der Waals surface area contributed by atoms with Gasteiger partial charge in [0.1, 0.15) is 17.4 Å². The maximum absolute atomic E-state index is 13.4. The Morgan fingerprint density at radius 1 is 1.06 bits per heavy atom. The number of halogens is 4. The highest BCUT2D eigenvalue weighted by molar-refractivity contribution is 6.31. The summed E-state index contributed by atoms with van der Waals surface area (Å²) in [6.45, 7) is -0.0402. The van der Waals surface area contributed by atoms with Crippen LogP contribution < -0.4 is 15.4 Å². The molecule has 0 radical (unpaired) electrons. The maximum Gasteiger partial charge on any atom is 0.411 e. The summed E-state index contributed by atoms with van der Waals surface area (Å²) in [6, 6.07) is 7.88. The van der Waals surface area contributed by atoms with Gasteiger partial charge in [0, 0.05) is 23.2 Å². The standard InChI is InChI=1S/C21H18Cl2F2N2O4/c22-15-3-1-12(5-17(15)24)26-20(29)31-9-11-7-21(8-14(11)21)27-19(28)10-30-13-2-4-16(23)18(25)6-13/h1-6,11,14H,7-10H2,(H,26,29)(H,27,28). The predicted octanol–water partition coefficient (Wildman–Crippen LogP) is 4.79. The molecule has 164 valence electrons. The molecule has 3 unspecified atom stereocenters. The van der Waals surface area contributed by atoms with Gasteiger partial charge in [-0.25, -0.2) is 13.6 Å². The van der Waals surface area contributed by atoms with Crippen LogP contribution in [0.2, 0.25) is 10.0 Å². The van der Waals surface area contributed by atoms with Crippen LogP contribution in [0.5, 0.6) is 5.75 Å². The van der Waals surface area contributed by atoms with E-state index in [9.17, 15) is 18.4 Å². The molecule has 0 saturated heterocycles. The fourth-order valence-electron chi connectivity index (χ4n) is 3.95. The summed E-state index contributed by atoms with van der Waals surface area (Å²) in [5, 5.41) is 5.32. The molecule has 2 fully saturated rings. The lowest BCUT2D eigenvalue weighted by Crippen LogP contribution is -2.50. The minimum absolute atomic E-state index is 0.0201. The summed E-state index contributed by atoms with van der Waals surface area (Å²) in [4.78, 5) is 24.0. The van der Waals surface area contributed by atoms with Crippen LogP contribution in [0.25, 0.3) is 0 Å². The van der Waals surface area contributed by atoms with Crippen molar-refractivity contribution in [3.05, 3.63) is 58.1 Å². The first-order chi connectivity index (χ1) is 14.8. The van der Waals surface area contributed by atoms with Gasteiger partial charge in [-0.15, -0.1) is 0 Å². The van der Waals surface area contributed by atoms with E-state index in [0.29, 0.717) is 6.42 Å². The van der Waals surface area contributed by atoms with Gasteiger partial charge in [-0.2, -0.15) is 0 Å². The number of amides is 2. The third-order valence-corrected chi connectivity index (χ3v) is 6.19. The predicted molar refractivity (Wildman–Crippen MR) is 110 cm³/mol. The number of carbonyl (C=O) groups is 2. The van der Waals surface area contributed by atoms with E-state index in [1.807, 2.05) is 0 Å². The molecule has 2 aromatic rings. The summed E-state index contributed by atoms with van der Waals surface area (Å²) in [6.07, 6.45) is 0.793. The molecule has 2 amide bonds. The fourth-order valence-corrected chi connectivity index (χ4v) is 4.18. The summed E-state index contributed by atoms with van der Waals surface area (Å²) in [7, 11) is 0. The molecular formula is C21H18Cl2F2N2O4. The molecule has 31 heavy (non-hydrogen) atoms. The molecule has 0 spiro atoms. The number of carbonyl (C=O) groups excluding carboxylic acids is 2. The molecular weight excluding hydrogens is 453 g/mol. The highest BCUT2D eigenvalue weighted by Gasteiger charge is 2.68. The topological polar surface area (TPSA) is 76.7 Å². The molecule has 4 rings (SSSR count). The molecule has 0 aliphatic heterocycles. The third-order valence-electron chi connectivity index (χ3n) is 5.57. The molecule has 3 atom stereocenters. The average Bonchev–Trinajstić information content (AvgIpc) is 3.29. The Kier molecular flexibility index (Phi) is 5.94. The van der Waals surface area contributed by atoms with Crippen LogP contribution in [0.3, 0.4) is 0 Å². The van der Waals surface area contributed by atoms with E-state index in [0.717, 1.165) is 18.6 Å². The van der Waals surface area contributed by atoms with Crippen LogP contribution in [0.15, 0.2) is 36.4 Å².